The molecule has 0 saturated heterocycles. The van der Waals surface area contributed by atoms with Gasteiger partial charge < -0.3 is 14.6 Å². The minimum Gasteiger partial charge on any atom is -0.381 e. The summed E-state index contributed by atoms with van der Waals surface area (Å²) in [5.41, 5.74) is 3.82. The highest BCUT2D eigenvalue weighted by Gasteiger charge is 2.33. The van der Waals surface area contributed by atoms with E-state index in [1.807, 2.05) is 0 Å². The molecular formula is C22H25N4O. The van der Waals surface area contributed by atoms with Gasteiger partial charge in [0.2, 0.25) is 0 Å². The lowest BCUT2D eigenvalue weighted by Gasteiger charge is -2.16. The Bertz CT molecular complexity index is 966. The molecule has 2 heterocycles. The number of ether oxygens (including phenoxy) is 1. The van der Waals surface area contributed by atoms with Crippen LogP contribution in [0, 0.1) is 12.8 Å². The number of hydrogen-bond donors (Lipinski definition) is 1. The second-order valence-corrected chi connectivity index (χ2v) is 7.78. The van der Waals surface area contributed by atoms with Crippen LogP contribution >= 0.6 is 0 Å². The Labute approximate surface area is 159 Å². The molecule has 5 heteroatoms. The average molecular weight is 361 g/mol. The van der Waals surface area contributed by atoms with Gasteiger partial charge in [0.15, 0.2) is 0 Å². The first-order chi connectivity index (χ1) is 13.2. The lowest BCUT2D eigenvalue weighted by molar-refractivity contribution is 0.0835. The SMILES string of the molecule is [CH2][C@H]1C[C@@H](n2ccc3c(N[C@H]4CCc5ccccc54)ncnc32)C[C@@H]1OC. The first-order valence-electron chi connectivity index (χ1n) is 9.76. The zero-order valence-corrected chi connectivity index (χ0v) is 15.6. The number of nitrogens with zero attached hydrogens (tertiary/aromatic N) is 3. The molecule has 2 aromatic heterocycles. The summed E-state index contributed by atoms with van der Waals surface area (Å²) >= 11 is 0. The number of aromatic nitrogens is 3. The van der Waals surface area contributed by atoms with Gasteiger partial charge in [0.25, 0.3) is 0 Å². The van der Waals surface area contributed by atoms with Gasteiger partial charge in [-0.1, -0.05) is 24.3 Å². The molecule has 1 saturated carbocycles. The highest BCUT2D eigenvalue weighted by molar-refractivity contribution is 5.87. The van der Waals surface area contributed by atoms with Crippen molar-refractivity contribution < 1.29 is 4.74 Å². The molecule has 1 radical (unpaired) electrons. The Morgan fingerprint density at radius 2 is 2.07 bits per heavy atom. The number of aryl methyl sites for hydroxylation is 1. The molecule has 1 fully saturated rings. The fourth-order valence-corrected chi connectivity index (χ4v) is 4.83. The second-order valence-electron chi connectivity index (χ2n) is 7.78. The van der Waals surface area contributed by atoms with Crippen LogP contribution in [0.5, 0.6) is 0 Å². The zero-order chi connectivity index (χ0) is 18.4. The van der Waals surface area contributed by atoms with Crippen molar-refractivity contribution in [3.8, 4) is 0 Å². The first-order valence-corrected chi connectivity index (χ1v) is 9.76. The average Bonchev–Trinajstić information content (AvgIpc) is 3.39. The van der Waals surface area contributed by atoms with Crippen LogP contribution in [-0.4, -0.2) is 27.7 Å². The summed E-state index contributed by atoms with van der Waals surface area (Å²) < 4.78 is 7.87. The van der Waals surface area contributed by atoms with Gasteiger partial charge in [-0.05, 0) is 55.7 Å². The third-order valence-corrected chi connectivity index (χ3v) is 6.25. The Kier molecular flexibility index (Phi) is 4.12. The molecule has 5 nitrogen and oxygen atoms in total. The highest BCUT2D eigenvalue weighted by Crippen LogP contribution is 2.39. The molecule has 5 rings (SSSR count). The Hall–Kier alpha value is -2.40. The molecule has 0 spiro atoms. The van der Waals surface area contributed by atoms with Gasteiger partial charge in [-0.15, -0.1) is 0 Å². The fourth-order valence-electron chi connectivity index (χ4n) is 4.83. The molecule has 0 bridgehead atoms. The molecular weight excluding hydrogens is 336 g/mol. The topological polar surface area (TPSA) is 52.0 Å². The van der Waals surface area contributed by atoms with Gasteiger partial charge >= 0.3 is 0 Å². The summed E-state index contributed by atoms with van der Waals surface area (Å²) in [6.45, 7) is 4.25. The third-order valence-electron chi connectivity index (χ3n) is 6.25. The van der Waals surface area contributed by atoms with Crippen molar-refractivity contribution >= 4 is 16.9 Å². The van der Waals surface area contributed by atoms with Crippen LogP contribution < -0.4 is 5.32 Å². The van der Waals surface area contributed by atoms with Crippen LogP contribution in [0.4, 0.5) is 5.82 Å². The maximum atomic E-state index is 5.59. The largest absolute Gasteiger partial charge is 0.381 e. The minimum absolute atomic E-state index is 0.224. The van der Waals surface area contributed by atoms with Crippen molar-refractivity contribution in [1.82, 2.24) is 14.5 Å². The second kappa shape index (κ2) is 6.64. The smallest absolute Gasteiger partial charge is 0.145 e. The number of fused-ring (bicyclic) bond motifs is 2. The van der Waals surface area contributed by atoms with Crippen molar-refractivity contribution in [1.29, 1.82) is 0 Å². The van der Waals surface area contributed by atoms with Crippen LogP contribution in [0.1, 0.15) is 42.5 Å². The van der Waals surface area contributed by atoms with Crippen molar-refractivity contribution in [2.45, 2.75) is 43.9 Å². The van der Waals surface area contributed by atoms with Crippen molar-refractivity contribution in [2.75, 3.05) is 12.4 Å². The summed E-state index contributed by atoms with van der Waals surface area (Å²) in [5.74, 6) is 1.25. The van der Waals surface area contributed by atoms with Gasteiger partial charge in [0, 0.05) is 19.3 Å². The van der Waals surface area contributed by atoms with Crippen LogP contribution in [0.3, 0.4) is 0 Å². The van der Waals surface area contributed by atoms with Crippen LogP contribution in [0.15, 0.2) is 42.9 Å². The molecule has 2 aliphatic rings. The maximum Gasteiger partial charge on any atom is 0.145 e. The standard InChI is InChI=1S/C22H25N4O/c1-14-11-16(12-20(14)27-2)26-10-9-18-21(23-13-24-22(18)26)25-19-8-7-15-5-3-4-6-17(15)19/h3-6,9-10,13-14,16,19-20H,1,7-8,11-12H2,2H3,(H,23,24,25)/t14-,16+,19-,20-/m0/s1. The number of anilines is 1. The van der Waals surface area contributed by atoms with E-state index in [1.54, 1.807) is 13.4 Å². The predicted molar refractivity (Wildman–Crippen MR) is 107 cm³/mol. The quantitative estimate of drug-likeness (QED) is 0.751. The number of rotatable bonds is 4. The molecule has 27 heavy (non-hydrogen) atoms. The summed E-state index contributed by atoms with van der Waals surface area (Å²) in [6.07, 6.45) is 8.26. The summed E-state index contributed by atoms with van der Waals surface area (Å²) in [4.78, 5) is 9.15. The Morgan fingerprint density at radius 3 is 2.93 bits per heavy atom. The summed E-state index contributed by atoms with van der Waals surface area (Å²) in [7, 11) is 1.78. The lowest BCUT2D eigenvalue weighted by Crippen LogP contribution is -2.13. The predicted octanol–water partition coefficient (Wildman–Crippen LogP) is 4.33. The van der Waals surface area contributed by atoms with E-state index in [0.29, 0.717) is 18.0 Å². The minimum atomic E-state index is 0.224. The maximum absolute atomic E-state index is 5.59. The van der Waals surface area contributed by atoms with Gasteiger partial charge in [-0.25, -0.2) is 9.97 Å². The molecule has 4 atom stereocenters. The van der Waals surface area contributed by atoms with Crippen LogP contribution in [0.2, 0.25) is 0 Å². The van der Waals surface area contributed by atoms with Crippen LogP contribution in [-0.2, 0) is 11.2 Å². The lowest BCUT2D eigenvalue weighted by atomic mass is 10.1. The fraction of sp³-hybridized carbons (Fsp3) is 0.409. The monoisotopic (exact) mass is 361 g/mol. The van der Waals surface area contributed by atoms with Gasteiger partial charge in [-0.2, -0.15) is 0 Å². The zero-order valence-electron chi connectivity index (χ0n) is 15.6. The summed E-state index contributed by atoms with van der Waals surface area (Å²) in [6, 6.07) is 11.5. The first kappa shape index (κ1) is 16.8. The van der Waals surface area contributed by atoms with E-state index < -0.39 is 0 Å². The number of benzene rings is 1. The van der Waals surface area contributed by atoms with Crippen LogP contribution in [0.25, 0.3) is 11.0 Å². The van der Waals surface area contributed by atoms with Crippen molar-refractivity contribution in [3.05, 3.63) is 60.9 Å². The van der Waals surface area contributed by atoms with Gasteiger partial charge in [0.1, 0.15) is 17.8 Å². The van der Waals surface area contributed by atoms with E-state index in [0.717, 1.165) is 42.5 Å². The van der Waals surface area contributed by atoms with E-state index in [2.05, 4.69) is 63.3 Å². The van der Waals surface area contributed by atoms with E-state index in [9.17, 15) is 0 Å². The van der Waals surface area contributed by atoms with E-state index in [-0.39, 0.29) is 6.10 Å². The molecule has 3 aromatic rings. The Morgan fingerprint density at radius 1 is 1.19 bits per heavy atom. The molecule has 0 unspecified atom stereocenters. The van der Waals surface area contributed by atoms with E-state index in [4.69, 9.17) is 4.74 Å². The normalized spacial score (nSPS) is 27.2. The third kappa shape index (κ3) is 2.81. The molecule has 0 aliphatic heterocycles. The number of methoxy groups -OCH3 is 1. The van der Waals surface area contributed by atoms with E-state index in [1.165, 1.54) is 11.1 Å². The van der Waals surface area contributed by atoms with Crippen molar-refractivity contribution in [3.63, 3.8) is 0 Å². The van der Waals surface area contributed by atoms with E-state index >= 15 is 0 Å². The number of hydrogen-bond acceptors (Lipinski definition) is 4. The molecule has 2 aliphatic carbocycles. The van der Waals surface area contributed by atoms with Gasteiger partial charge in [-0.3, -0.25) is 0 Å². The number of nitrogens with one attached hydrogen (secondary N) is 1. The highest BCUT2D eigenvalue weighted by atomic mass is 16.5. The Balaban J connectivity index is 1.45. The van der Waals surface area contributed by atoms with Gasteiger partial charge in [0.05, 0.1) is 17.5 Å². The summed E-state index contributed by atoms with van der Waals surface area (Å²) in [5, 5.41) is 4.76. The molecule has 0 amide bonds. The molecule has 1 N–H and O–H groups in total. The molecule has 139 valence electrons. The van der Waals surface area contributed by atoms with Crippen molar-refractivity contribution in [2.24, 2.45) is 5.92 Å². The molecule has 1 aromatic carbocycles.